The molecule has 27 heavy (non-hydrogen) atoms. The van der Waals surface area contributed by atoms with E-state index in [2.05, 4.69) is 6.92 Å². The van der Waals surface area contributed by atoms with Crippen LogP contribution in [0.25, 0.3) is 0 Å². The smallest absolute Gasteiger partial charge is 0.168 e. The van der Waals surface area contributed by atoms with Crippen molar-refractivity contribution in [3.05, 3.63) is 0 Å². The van der Waals surface area contributed by atoms with Crippen LogP contribution < -0.4 is 0 Å². The molecule has 0 bridgehead atoms. The van der Waals surface area contributed by atoms with Crippen LogP contribution in [0.1, 0.15) is 64.7 Å². The zero-order chi connectivity index (χ0) is 18.7. The topological polar surface area (TPSA) is 36.9 Å². The highest BCUT2D eigenvalue weighted by Crippen LogP contribution is 2.67. The number of fused-ring (bicyclic) bond motifs is 5. The summed E-state index contributed by atoms with van der Waals surface area (Å²) >= 11 is 0. The van der Waals surface area contributed by atoms with Crippen LogP contribution in [0.4, 0.5) is 0 Å². The summed E-state index contributed by atoms with van der Waals surface area (Å²) in [5.41, 5.74) is 0.731. The Morgan fingerprint density at radius 2 is 1.70 bits per heavy atom. The molecule has 4 nitrogen and oxygen atoms in total. The predicted molar refractivity (Wildman–Crippen MR) is 103 cm³/mol. The Hall–Kier alpha value is -0.160. The van der Waals surface area contributed by atoms with Crippen molar-refractivity contribution in [2.75, 3.05) is 34.0 Å². The van der Waals surface area contributed by atoms with Gasteiger partial charge in [-0.25, -0.2) is 0 Å². The second-order valence-corrected chi connectivity index (χ2v) is 10.5. The molecule has 0 aromatic heterocycles. The summed E-state index contributed by atoms with van der Waals surface area (Å²) in [6.45, 7) is 5.00. The number of ether oxygens (including phenoxy) is 4. The lowest BCUT2D eigenvalue weighted by molar-refractivity contribution is -0.242. The third kappa shape index (κ3) is 2.62. The van der Waals surface area contributed by atoms with E-state index in [9.17, 15) is 0 Å². The average molecular weight is 379 g/mol. The fourth-order valence-corrected chi connectivity index (χ4v) is 8.65. The molecule has 1 heterocycles. The standard InChI is InChI=1S/C23H38O4/c1-21-9-8-19-17(18(21)6-7-20(21)25-3)5-4-16-14-23(26-12-13-27-23)11-10-22(16,19)15-24-2/h16-20H,4-15H2,1-3H3/t16?,17?,18?,19?,20?,21?,22-/m1/s1. The van der Waals surface area contributed by atoms with Gasteiger partial charge >= 0.3 is 0 Å². The van der Waals surface area contributed by atoms with Crippen LogP contribution in [-0.2, 0) is 18.9 Å². The predicted octanol–water partition coefficient (Wildman–Crippen LogP) is 4.41. The van der Waals surface area contributed by atoms with E-state index in [-0.39, 0.29) is 5.79 Å². The minimum Gasteiger partial charge on any atom is -0.384 e. The van der Waals surface area contributed by atoms with Crippen LogP contribution in [-0.4, -0.2) is 45.9 Å². The van der Waals surface area contributed by atoms with Gasteiger partial charge in [-0.15, -0.1) is 0 Å². The van der Waals surface area contributed by atoms with Gasteiger partial charge in [-0.2, -0.15) is 0 Å². The molecular weight excluding hydrogens is 340 g/mol. The van der Waals surface area contributed by atoms with Crippen molar-refractivity contribution in [2.45, 2.75) is 76.6 Å². The van der Waals surface area contributed by atoms with Crippen LogP contribution in [0.3, 0.4) is 0 Å². The van der Waals surface area contributed by atoms with Crippen LogP contribution in [0, 0.1) is 34.5 Å². The van der Waals surface area contributed by atoms with E-state index in [1.54, 1.807) is 0 Å². The molecule has 0 radical (unpaired) electrons. The molecule has 0 aromatic rings. The van der Waals surface area contributed by atoms with Gasteiger partial charge in [0.05, 0.1) is 25.9 Å². The van der Waals surface area contributed by atoms with E-state index in [1.165, 1.54) is 44.9 Å². The quantitative estimate of drug-likeness (QED) is 0.729. The largest absolute Gasteiger partial charge is 0.384 e. The monoisotopic (exact) mass is 378 g/mol. The minimum atomic E-state index is -0.271. The van der Waals surface area contributed by atoms with Crippen molar-refractivity contribution >= 4 is 0 Å². The number of hydrogen-bond donors (Lipinski definition) is 0. The maximum Gasteiger partial charge on any atom is 0.168 e. The summed E-state index contributed by atoms with van der Waals surface area (Å²) in [5, 5.41) is 0. The lowest BCUT2D eigenvalue weighted by Gasteiger charge is -2.62. The maximum atomic E-state index is 6.12. The third-order valence-corrected chi connectivity index (χ3v) is 9.79. The van der Waals surface area contributed by atoms with Crippen molar-refractivity contribution in [3.8, 4) is 0 Å². The van der Waals surface area contributed by atoms with Crippen LogP contribution in [0.5, 0.6) is 0 Å². The fourth-order valence-electron chi connectivity index (χ4n) is 8.65. The third-order valence-electron chi connectivity index (χ3n) is 9.79. The summed E-state index contributed by atoms with van der Waals surface area (Å²) in [7, 11) is 3.84. The van der Waals surface area contributed by atoms with E-state index >= 15 is 0 Å². The van der Waals surface area contributed by atoms with Crippen molar-refractivity contribution in [2.24, 2.45) is 34.5 Å². The summed E-state index contributed by atoms with van der Waals surface area (Å²) in [6.07, 6.45) is 11.8. The van der Waals surface area contributed by atoms with Gasteiger partial charge in [-0.1, -0.05) is 6.92 Å². The molecule has 5 fully saturated rings. The number of rotatable bonds is 3. The van der Waals surface area contributed by atoms with E-state index in [0.29, 0.717) is 22.9 Å². The van der Waals surface area contributed by atoms with E-state index in [0.717, 1.165) is 50.4 Å². The molecule has 4 saturated carbocycles. The Morgan fingerprint density at radius 1 is 0.889 bits per heavy atom. The van der Waals surface area contributed by atoms with Gasteiger partial charge in [0.2, 0.25) is 0 Å². The zero-order valence-electron chi connectivity index (χ0n) is 17.5. The summed E-state index contributed by atoms with van der Waals surface area (Å²) in [4.78, 5) is 0. The molecular formula is C23H38O4. The molecule has 7 atom stereocenters. The lowest BCUT2D eigenvalue weighted by atomic mass is 9.44. The van der Waals surface area contributed by atoms with E-state index < -0.39 is 0 Å². The molecule has 154 valence electrons. The van der Waals surface area contributed by atoms with Gasteiger partial charge in [-0.05, 0) is 74.0 Å². The van der Waals surface area contributed by atoms with Crippen LogP contribution >= 0.6 is 0 Å². The van der Waals surface area contributed by atoms with Crippen LogP contribution in [0.2, 0.25) is 0 Å². The van der Waals surface area contributed by atoms with Crippen molar-refractivity contribution in [3.63, 3.8) is 0 Å². The number of methoxy groups -OCH3 is 2. The Bertz CT molecular complexity index is 559. The molecule has 5 aliphatic rings. The van der Waals surface area contributed by atoms with Gasteiger partial charge in [0.15, 0.2) is 5.79 Å². The normalized spacial score (nSPS) is 51.0. The Labute approximate surface area is 164 Å². The molecule has 1 aliphatic heterocycles. The fraction of sp³-hybridized carbons (Fsp3) is 1.00. The highest BCUT2D eigenvalue weighted by Gasteiger charge is 2.63. The molecule has 4 aliphatic carbocycles. The summed E-state index contributed by atoms with van der Waals surface area (Å²) < 4.78 is 24.1. The molecule has 0 N–H and O–H groups in total. The first-order valence-electron chi connectivity index (χ1n) is 11.4. The SMILES string of the molecule is COC[C@]12CCC3(CC1CCC1C4CCC(OC)C4(C)CCC12)OCCO3. The molecule has 1 spiro atoms. The second-order valence-electron chi connectivity index (χ2n) is 10.5. The summed E-state index contributed by atoms with van der Waals surface area (Å²) in [5.74, 6) is 2.92. The van der Waals surface area contributed by atoms with E-state index in [1.807, 2.05) is 14.2 Å². The van der Waals surface area contributed by atoms with Crippen LogP contribution in [0.15, 0.2) is 0 Å². The molecule has 4 heteroatoms. The summed E-state index contributed by atoms with van der Waals surface area (Å²) in [6, 6.07) is 0. The lowest BCUT2D eigenvalue weighted by Crippen LogP contribution is -2.59. The first-order valence-corrected chi connectivity index (χ1v) is 11.4. The maximum absolute atomic E-state index is 6.12. The highest BCUT2D eigenvalue weighted by atomic mass is 16.7. The first-order chi connectivity index (χ1) is 13.1. The highest BCUT2D eigenvalue weighted by molar-refractivity contribution is 5.11. The first kappa shape index (κ1) is 18.8. The van der Waals surface area contributed by atoms with E-state index in [4.69, 9.17) is 18.9 Å². The average Bonchev–Trinajstić information content (AvgIpc) is 3.26. The molecule has 0 aromatic carbocycles. The molecule has 1 saturated heterocycles. The van der Waals surface area contributed by atoms with Gasteiger partial charge in [0, 0.05) is 32.5 Å². The van der Waals surface area contributed by atoms with Gasteiger partial charge < -0.3 is 18.9 Å². The Balaban J connectivity index is 1.43. The van der Waals surface area contributed by atoms with Gasteiger partial charge in [0.25, 0.3) is 0 Å². The Kier molecular flexibility index (Phi) is 4.66. The van der Waals surface area contributed by atoms with Crippen molar-refractivity contribution in [1.82, 2.24) is 0 Å². The van der Waals surface area contributed by atoms with Crippen molar-refractivity contribution < 1.29 is 18.9 Å². The Morgan fingerprint density at radius 3 is 2.44 bits per heavy atom. The van der Waals surface area contributed by atoms with Gasteiger partial charge in [-0.3, -0.25) is 0 Å². The molecule has 6 unspecified atom stereocenters. The molecule has 5 rings (SSSR count). The zero-order valence-corrected chi connectivity index (χ0v) is 17.5. The van der Waals surface area contributed by atoms with Crippen molar-refractivity contribution in [1.29, 1.82) is 0 Å². The second kappa shape index (κ2) is 6.68. The number of hydrogen-bond acceptors (Lipinski definition) is 4. The minimum absolute atomic E-state index is 0.271. The molecule has 0 amide bonds. The van der Waals surface area contributed by atoms with Gasteiger partial charge in [0.1, 0.15) is 0 Å².